The maximum Gasteiger partial charge on any atom is 0.332 e. The summed E-state index contributed by atoms with van der Waals surface area (Å²) in [5, 5.41) is 1.05. The van der Waals surface area contributed by atoms with Gasteiger partial charge in [0.05, 0.1) is 5.71 Å². The van der Waals surface area contributed by atoms with Crippen molar-refractivity contribution in [2.75, 3.05) is 20.6 Å². The number of amides is 4. The van der Waals surface area contributed by atoms with Crippen LogP contribution >= 0.6 is 0 Å². The normalized spacial score (nSPS) is 14.9. The van der Waals surface area contributed by atoms with Gasteiger partial charge < -0.3 is 9.72 Å². The van der Waals surface area contributed by atoms with Gasteiger partial charge in [0, 0.05) is 37.2 Å². The second kappa shape index (κ2) is 10.9. The predicted molar refractivity (Wildman–Crippen MR) is 150 cm³/mol. The van der Waals surface area contributed by atoms with E-state index < -0.39 is 23.8 Å². The number of carbonyl (C=O) groups is 3. The van der Waals surface area contributed by atoms with Gasteiger partial charge in [-0.15, -0.1) is 0 Å². The Kier molecular flexibility index (Phi) is 7.27. The third-order valence-corrected chi connectivity index (χ3v) is 7.06. The number of barbiturate groups is 1. The standard InChI is InChI=1S/C31H30N4O4/c1-20-24(25-18-23(14-15-26(25)33-20)39-19-21-10-6-4-7-11-21)16-17-32-28(22-12-8-5-9-13-22)27-29(36)34(2)31(38)35(3)30(27)37/h4-15,18,27,33H,16-17,19H2,1-3H3. The Hall–Kier alpha value is -4.72. The summed E-state index contributed by atoms with van der Waals surface area (Å²) in [7, 11) is 2.77. The number of aromatic amines is 1. The first-order chi connectivity index (χ1) is 18.8. The van der Waals surface area contributed by atoms with Crippen LogP contribution in [-0.2, 0) is 22.6 Å². The van der Waals surface area contributed by atoms with Crippen LogP contribution in [0.5, 0.6) is 5.75 Å². The van der Waals surface area contributed by atoms with E-state index in [1.54, 1.807) is 0 Å². The Labute approximate surface area is 226 Å². The molecule has 0 atom stereocenters. The van der Waals surface area contributed by atoms with Crippen LogP contribution in [0.25, 0.3) is 10.9 Å². The fourth-order valence-corrected chi connectivity index (χ4v) is 4.90. The van der Waals surface area contributed by atoms with Gasteiger partial charge in [-0.3, -0.25) is 24.4 Å². The molecule has 39 heavy (non-hydrogen) atoms. The van der Waals surface area contributed by atoms with E-state index in [1.807, 2.05) is 85.8 Å². The number of aliphatic imine (C=N–C) groups is 1. The minimum Gasteiger partial charge on any atom is -0.489 e. The molecule has 1 N–H and O–H groups in total. The fraction of sp³-hybridized carbons (Fsp3) is 0.226. The molecule has 4 aromatic rings. The lowest BCUT2D eigenvalue weighted by molar-refractivity contribution is -0.144. The molecule has 4 amide bonds. The minimum atomic E-state index is -1.18. The van der Waals surface area contributed by atoms with Crippen molar-refractivity contribution >= 4 is 34.5 Å². The lowest BCUT2D eigenvalue weighted by atomic mass is 9.92. The highest BCUT2D eigenvalue weighted by atomic mass is 16.5. The number of aromatic nitrogens is 1. The van der Waals surface area contributed by atoms with E-state index in [1.165, 1.54) is 14.1 Å². The summed E-state index contributed by atoms with van der Waals surface area (Å²) >= 11 is 0. The second-order valence-corrected chi connectivity index (χ2v) is 9.60. The van der Waals surface area contributed by atoms with Crippen molar-refractivity contribution in [3.05, 3.63) is 101 Å². The lowest BCUT2D eigenvalue weighted by Crippen LogP contribution is -2.59. The van der Waals surface area contributed by atoms with Crippen molar-refractivity contribution in [1.82, 2.24) is 14.8 Å². The molecule has 8 heteroatoms. The molecule has 0 radical (unpaired) electrons. The number of rotatable bonds is 8. The number of H-pyrrole nitrogens is 1. The van der Waals surface area contributed by atoms with Crippen LogP contribution in [0.2, 0.25) is 0 Å². The molecule has 5 rings (SSSR count). The highest BCUT2D eigenvalue weighted by molar-refractivity contribution is 6.30. The van der Waals surface area contributed by atoms with Crippen LogP contribution in [0.4, 0.5) is 4.79 Å². The van der Waals surface area contributed by atoms with E-state index in [0.29, 0.717) is 30.8 Å². The lowest BCUT2D eigenvalue weighted by Gasteiger charge is -2.33. The van der Waals surface area contributed by atoms with E-state index in [-0.39, 0.29) is 0 Å². The molecule has 0 unspecified atom stereocenters. The third-order valence-electron chi connectivity index (χ3n) is 7.06. The van der Waals surface area contributed by atoms with Crippen LogP contribution in [0.1, 0.15) is 22.4 Å². The third kappa shape index (κ3) is 5.18. The van der Waals surface area contributed by atoms with Gasteiger partial charge in [-0.05, 0) is 48.2 Å². The molecule has 2 heterocycles. The predicted octanol–water partition coefficient (Wildman–Crippen LogP) is 4.75. The fourth-order valence-electron chi connectivity index (χ4n) is 4.90. The Morgan fingerprint density at radius 3 is 2.21 bits per heavy atom. The largest absolute Gasteiger partial charge is 0.489 e. The smallest absolute Gasteiger partial charge is 0.332 e. The Morgan fingerprint density at radius 2 is 1.54 bits per heavy atom. The molecule has 198 valence electrons. The van der Waals surface area contributed by atoms with Gasteiger partial charge in [0.1, 0.15) is 12.4 Å². The first kappa shape index (κ1) is 25.9. The van der Waals surface area contributed by atoms with E-state index in [9.17, 15) is 14.4 Å². The van der Waals surface area contributed by atoms with Crippen molar-refractivity contribution in [3.8, 4) is 5.75 Å². The van der Waals surface area contributed by atoms with Crippen LogP contribution < -0.4 is 4.74 Å². The average molecular weight is 523 g/mol. The Balaban J connectivity index is 1.42. The van der Waals surface area contributed by atoms with Gasteiger partial charge in [-0.2, -0.15) is 0 Å². The molecule has 1 aromatic heterocycles. The summed E-state index contributed by atoms with van der Waals surface area (Å²) in [6.45, 7) is 2.85. The number of carbonyl (C=O) groups excluding carboxylic acids is 3. The summed E-state index contributed by atoms with van der Waals surface area (Å²) in [6.07, 6.45) is 0.587. The summed E-state index contributed by atoms with van der Waals surface area (Å²) in [6, 6.07) is 24.5. The molecule has 8 nitrogen and oxygen atoms in total. The summed E-state index contributed by atoms with van der Waals surface area (Å²) in [5.41, 5.74) is 5.25. The number of nitrogens with one attached hydrogen (secondary N) is 1. The summed E-state index contributed by atoms with van der Waals surface area (Å²) < 4.78 is 6.04. The topological polar surface area (TPSA) is 95.1 Å². The number of benzene rings is 3. The highest BCUT2D eigenvalue weighted by Gasteiger charge is 2.45. The molecule has 1 aliphatic rings. The second-order valence-electron chi connectivity index (χ2n) is 9.60. The molecule has 0 spiro atoms. The van der Waals surface area contributed by atoms with Crippen molar-refractivity contribution in [3.63, 3.8) is 0 Å². The maximum absolute atomic E-state index is 13.1. The maximum atomic E-state index is 13.1. The zero-order chi connectivity index (χ0) is 27.5. The molecule has 0 saturated carbocycles. The number of imide groups is 2. The zero-order valence-electron chi connectivity index (χ0n) is 22.2. The molecule has 3 aromatic carbocycles. The van der Waals surface area contributed by atoms with Crippen molar-refractivity contribution in [2.24, 2.45) is 10.9 Å². The van der Waals surface area contributed by atoms with Gasteiger partial charge in [-0.1, -0.05) is 60.7 Å². The van der Waals surface area contributed by atoms with Gasteiger partial charge in [0.25, 0.3) is 0 Å². The van der Waals surface area contributed by atoms with Crippen molar-refractivity contribution in [1.29, 1.82) is 0 Å². The minimum absolute atomic E-state index is 0.353. The molecule has 1 saturated heterocycles. The molecular formula is C31H30N4O4. The molecular weight excluding hydrogens is 492 g/mol. The number of ether oxygens (including phenoxy) is 1. The van der Waals surface area contributed by atoms with Gasteiger partial charge >= 0.3 is 6.03 Å². The number of urea groups is 1. The van der Waals surface area contributed by atoms with E-state index in [0.717, 1.165) is 43.3 Å². The van der Waals surface area contributed by atoms with E-state index >= 15 is 0 Å². The SMILES string of the molecule is Cc1[nH]c2ccc(OCc3ccccc3)cc2c1CCN=C(c1ccccc1)C1C(=O)N(C)C(=O)N(C)C1=O. The number of aryl methyl sites for hydroxylation is 1. The van der Waals surface area contributed by atoms with E-state index in [2.05, 4.69) is 4.98 Å². The summed E-state index contributed by atoms with van der Waals surface area (Å²) in [5.74, 6) is -1.56. The van der Waals surface area contributed by atoms with Gasteiger partial charge in [0.15, 0.2) is 5.92 Å². The van der Waals surface area contributed by atoms with Crippen LogP contribution in [0.3, 0.4) is 0 Å². The molecule has 1 fully saturated rings. The molecule has 1 aliphatic heterocycles. The molecule has 0 bridgehead atoms. The van der Waals surface area contributed by atoms with Crippen molar-refractivity contribution < 1.29 is 19.1 Å². The number of fused-ring (bicyclic) bond motifs is 1. The Bertz CT molecular complexity index is 1540. The quantitative estimate of drug-likeness (QED) is 0.267. The molecule has 0 aliphatic carbocycles. The van der Waals surface area contributed by atoms with Crippen molar-refractivity contribution in [2.45, 2.75) is 20.0 Å². The number of hydrogen-bond donors (Lipinski definition) is 1. The summed E-state index contributed by atoms with van der Waals surface area (Å²) in [4.78, 5) is 48.6. The zero-order valence-corrected chi connectivity index (χ0v) is 22.2. The highest BCUT2D eigenvalue weighted by Crippen LogP contribution is 2.28. The van der Waals surface area contributed by atoms with Crippen LogP contribution in [0.15, 0.2) is 83.9 Å². The van der Waals surface area contributed by atoms with Crippen LogP contribution in [0, 0.1) is 12.8 Å². The van der Waals surface area contributed by atoms with Crippen LogP contribution in [-0.4, -0.2) is 59.0 Å². The monoisotopic (exact) mass is 522 g/mol. The number of hydrogen-bond acceptors (Lipinski definition) is 5. The van der Waals surface area contributed by atoms with Gasteiger partial charge in [-0.25, -0.2) is 4.79 Å². The van der Waals surface area contributed by atoms with E-state index in [4.69, 9.17) is 9.73 Å². The first-order valence-electron chi connectivity index (χ1n) is 12.8. The average Bonchev–Trinajstić information content (AvgIpc) is 3.28. The number of nitrogens with zero attached hydrogens (tertiary/aromatic N) is 3. The first-order valence-corrected chi connectivity index (χ1v) is 12.8. The Morgan fingerprint density at radius 1 is 0.897 bits per heavy atom. The van der Waals surface area contributed by atoms with Gasteiger partial charge in [0.2, 0.25) is 11.8 Å².